The van der Waals surface area contributed by atoms with Gasteiger partial charge in [-0.2, -0.15) is 0 Å². The topological polar surface area (TPSA) is 41.1 Å². The van der Waals surface area contributed by atoms with Gasteiger partial charge in [-0.3, -0.25) is 0 Å². The summed E-state index contributed by atoms with van der Waals surface area (Å²) in [4.78, 5) is 4.72. The summed E-state index contributed by atoms with van der Waals surface area (Å²) in [5.74, 6) is 1.87. The lowest BCUT2D eigenvalue weighted by molar-refractivity contribution is 0.883. The molecular weight excluding hydrogens is 256 g/mol. The first kappa shape index (κ1) is 11.1. The molecule has 1 N–H and O–H groups in total. The fourth-order valence-electron chi connectivity index (χ4n) is 2.54. The van der Waals surface area contributed by atoms with Crippen molar-refractivity contribution in [3.8, 4) is 0 Å². The van der Waals surface area contributed by atoms with Crippen molar-refractivity contribution in [1.82, 2.24) is 10.2 Å². The van der Waals surface area contributed by atoms with Crippen molar-refractivity contribution in [1.29, 1.82) is 0 Å². The average molecular weight is 270 g/mol. The summed E-state index contributed by atoms with van der Waals surface area (Å²) in [5.41, 5.74) is 1.11. The van der Waals surface area contributed by atoms with E-state index in [1.807, 2.05) is 6.07 Å². The van der Waals surface area contributed by atoms with E-state index in [0.29, 0.717) is 0 Å². The van der Waals surface area contributed by atoms with E-state index in [2.05, 4.69) is 44.7 Å². The van der Waals surface area contributed by atoms with Crippen molar-refractivity contribution in [2.45, 2.75) is 22.6 Å². The maximum absolute atomic E-state index is 4.35. The van der Waals surface area contributed by atoms with Crippen molar-refractivity contribution in [3.05, 3.63) is 30.3 Å². The van der Waals surface area contributed by atoms with E-state index >= 15 is 0 Å². The second-order valence-corrected chi connectivity index (χ2v) is 5.92. The number of fused-ring (bicyclic) bond motifs is 2. The number of aromatic nitrogens is 2. The van der Waals surface area contributed by atoms with E-state index in [1.165, 1.54) is 17.7 Å². The van der Waals surface area contributed by atoms with E-state index in [9.17, 15) is 0 Å². The molecule has 0 unspecified atom stereocenters. The van der Waals surface area contributed by atoms with Gasteiger partial charge in [0.1, 0.15) is 0 Å². The van der Waals surface area contributed by atoms with Crippen molar-refractivity contribution < 1.29 is 0 Å². The molecule has 5 heteroatoms. The van der Waals surface area contributed by atoms with Crippen LogP contribution in [-0.4, -0.2) is 23.3 Å². The number of hydrogen-bond donors (Lipinski definition) is 1. The molecule has 3 heterocycles. The average Bonchev–Trinajstić information content (AvgIpc) is 2.98. The third-order valence-electron chi connectivity index (χ3n) is 3.54. The summed E-state index contributed by atoms with van der Waals surface area (Å²) < 4.78 is 0. The minimum atomic E-state index is 0.867. The fourth-order valence-corrected chi connectivity index (χ4v) is 3.50. The van der Waals surface area contributed by atoms with Crippen LogP contribution in [0, 0.1) is 0 Å². The Morgan fingerprint density at radius 3 is 2.79 bits per heavy atom. The zero-order chi connectivity index (χ0) is 12.7. The molecule has 2 aliphatic heterocycles. The number of hydrogen-bond acceptors (Lipinski definition) is 5. The van der Waals surface area contributed by atoms with E-state index < -0.39 is 0 Å². The van der Waals surface area contributed by atoms with Gasteiger partial charge in [0.15, 0.2) is 11.6 Å². The lowest BCUT2D eigenvalue weighted by Gasteiger charge is -2.21. The Morgan fingerprint density at radius 2 is 1.89 bits per heavy atom. The van der Waals surface area contributed by atoms with Crippen LogP contribution >= 0.6 is 11.8 Å². The van der Waals surface area contributed by atoms with Crippen molar-refractivity contribution in [2.24, 2.45) is 0 Å². The van der Waals surface area contributed by atoms with E-state index in [1.54, 1.807) is 11.8 Å². The Balaban J connectivity index is 1.70. The van der Waals surface area contributed by atoms with Gasteiger partial charge >= 0.3 is 0 Å². The molecule has 0 aliphatic carbocycles. The second-order valence-electron chi connectivity index (χ2n) is 4.83. The molecule has 1 saturated heterocycles. The van der Waals surface area contributed by atoms with Gasteiger partial charge in [-0.15, -0.1) is 10.2 Å². The Hall–Kier alpha value is -1.75. The molecular formula is C14H14N4S. The predicted octanol–water partition coefficient (Wildman–Crippen LogP) is 3.29. The first-order valence-corrected chi connectivity index (χ1v) is 7.38. The molecule has 1 aromatic heterocycles. The molecule has 2 aliphatic rings. The standard InChI is InChI=1S/C14H14N4S/c1-2-6-11-10(5-1)15-14-12(19-11)9-13(16-17-14)18-7-3-4-8-18/h1-2,5-6,9H,3-4,7-8H2,(H,15,17). The molecule has 4 rings (SSSR count). The van der Waals surface area contributed by atoms with Crippen molar-refractivity contribution >= 4 is 29.1 Å². The van der Waals surface area contributed by atoms with Crippen LogP contribution in [0.25, 0.3) is 0 Å². The maximum Gasteiger partial charge on any atom is 0.167 e. The fraction of sp³-hybridized carbons (Fsp3) is 0.286. The van der Waals surface area contributed by atoms with Crippen LogP contribution in [0.15, 0.2) is 40.1 Å². The van der Waals surface area contributed by atoms with Gasteiger partial charge in [-0.25, -0.2) is 0 Å². The molecule has 0 saturated carbocycles. The molecule has 0 radical (unpaired) electrons. The normalized spacial score (nSPS) is 16.7. The highest BCUT2D eigenvalue weighted by atomic mass is 32.2. The van der Waals surface area contributed by atoms with Crippen LogP contribution in [0.2, 0.25) is 0 Å². The summed E-state index contributed by atoms with van der Waals surface area (Å²) in [6.07, 6.45) is 2.51. The predicted molar refractivity (Wildman–Crippen MR) is 77.3 cm³/mol. The van der Waals surface area contributed by atoms with Crippen LogP contribution in [0.4, 0.5) is 17.3 Å². The van der Waals surface area contributed by atoms with Gasteiger partial charge in [0.2, 0.25) is 0 Å². The first-order valence-electron chi connectivity index (χ1n) is 6.57. The van der Waals surface area contributed by atoms with E-state index in [4.69, 9.17) is 0 Å². The largest absolute Gasteiger partial charge is 0.355 e. The smallest absolute Gasteiger partial charge is 0.167 e. The van der Waals surface area contributed by atoms with Gasteiger partial charge in [0.05, 0.1) is 10.6 Å². The minimum Gasteiger partial charge on any atom is -0.355 e. The first-order chi connectivity index (χ1) is 9.40. The van der Waals surface area contributed by atoms with Gasteiger partial charge < -0.3 is 10.2 Å². The summed E-state index contributed by atoms with van der Waals surface area (Å²) in [7, 11) is 0. The Morgan fingerprint density at radius 1 is 1.05 bits per heavy atom. The zero-order valence-electron chi connectivity index (χ0n) is 10.5. The molecule has 0 atom stereocenters. The SMILES string of the molecule is c1ccc2c(c1)Nc1nnc(N3CCCC3)cc1S2. The summed E-state index contributed by atoms with van der Waals surface area (Å²) >= 11 is 1.76. The minimum absolute atomic E-state index is 0.867. The van der Waals surface area contributed by atoms with Gasteiger partial charge in [0.25, 0.3) is 0 Å². The number of nitrogens with zero attached hydrogens (tertiary/aromatic N) is 3. The molecule has 0 spiro atoms. The number of benzene rings is 1. The Labute approximate surface area is 116 Å². The molecule has 96 valence electrons. The van der Waals surface area contributed by atoms with Crippen LogP contribution < -0.4 is 10.2 Å². The number of nitrogens with one attached hydrogen (secondary N) is 1. The lowest BCUT2D eigenvalue weighted by Crippen LogP contribution is -2.20. The van der Waals surface area contributed by atoms with Crippen LogP contribution in [0.3, 0.4) is 0 Å². The monoisotopic (exact) mass is 270 g/mol. The second kappa shape index (κ2) is 4.42. The molecule has 19 heavy (non-hydrogen) atoms. The Kier molecular flexibility index (Phi) is 2.58. The molecule has 2 aromatic rings. The highest BCUT2D eigenvalue weighted by molar-refractivity contribution is 7.99. The zero-order valence-corrected chi connectivity index (χ0v) is 11.3. The van der Waals surface area contributed by atoms with Crippen molar-refractivity contribution in [3.63, 3.8) is 0 Å². The third-order valence-corrected chi connectivity index (χ3v) is 4.64. The highest BCUT2D eigenvalue weighted by Gasteiger charge is 2.20. The number of para-hydroxylation sites is 1. The summed E-state index contributed by atoms with van der Waals surface area (Å²) in [6, 6.07) is 10.5. The quantitative estimate of drug-likeness (QED) is 0.735. The summed E-state index contributed by atoms with van der Waals surface area (Å²) in [6.45, 7) is 2.20. The van der Waals surface area contributed by atoms with Crippen LogP contribution in [0.1, 0.15) is 12.8 Å². The van der Waals surface area contributed by atoms with Crippen molar-refractivity contribution in [2.75, 3.05) is 23.3 Å². The molecule has 4 nitrogen and oxygen atoms in total. The van der Waals surface area contributed by atoms with E-state index in [-0.39, 0.29) is 0 Å². The Bertz CT molecular complexity index is 623. The van der Waals surface area contributed by atoms with Gasteiger partial charge in [-0.05, 0) is 25.0 Å². The lowest BCUT2D eigenvalue weighted by atomic mass is 10.3. The van der Waals surface area contributed by atoms with E-state index in [0.717, 1.165) is 35.3 Å². The van der Waals surface area contributed by atoms with Crippen LogP contribution in [0.5, 0.6) is 0 Å². The molecule has 1 fully saturated rings. The van der Waals surface area contributed by atoms with Gasteiger partial charge in [0, 0.05) is 24.1 Å². The third kappa shape index (κ3) is 1.94. The highest BCUT2D eigenvalue weighted by Crippen LogP contribution is 2.43. The number of anilines is 3. The van der Waals surface area contributed by atoms with Crippen LogP contribution in [-0.2, 0) is 0 Å². The van der Waals surface area contributed by atoms with Gasteiger partial charge in [-0.1, -0.05) is 23.9 Å². The number of rotatable bonds is 1. The maximum atomic E-state index is 4.35. The summed E-state index contributed by atoms with van der Waals surface area (Å²) in [5, 5.41) is 12.0. The molecule has 0 amide bonds. The molecule has 0 bridgehead atoms. The molecule has 1 aromatic carbocycles.